The second-order valence-electron chi connectivity index (χ2n) is 9.99. The van der Waals surface area contributed by atoms with E-state index in [1.165, 1.54) is 36.0 Å². The molecule has 1 N–H and O–H groups in total. The average Bonchev–Trinajstić information content (AvgIpc) is 3.48. The molecule has 3 aromatic carbocycles. The van der Waals surface area contributed by atoms with Gasteiger partial charge in [0.25, 0.3) is 5.69 Å². The van der Waals surface area contributed by atoms with Crippen LogP contribution in [-0.2, 0) is 0 Å². The molecule has 0 unspecified atom stereocenters. The first-order chi connectivity index (χ1) is 20.3. The number of anilines is 1. The Labute approximate surface area is 252 Å². The van der Waals surface area contributed by atoms with E-state index in [1.807, 2.05) is 62.4 Å². The second-order valence-corrected chi connectivity index (χ2v) is 11.5. The molecule has 1 fully saturated rings. The average molecular weight is 596 g/mol. The molecule has 1 aliphatic heterocycles. The van der Waals surface area contributed by atoms with Crippen molar-refractivity contribution in [1.29, 1.82) is 0 Å². The van der Waals surface area contributed by atoms with Gasteiger partial charge in [-0.15, -0.1) is 0 Å². The summed E-state index contributed by atoms with van der Waals surface area (Å²) in [4.78, 5) is 19.3. The van der Waals surface area contributed by atoms with Crippen LogP contribution in [0.25, 0.3) is 5.69 Å². The molecule has 0 radical (unpaired) electrons. The van der Waals surface area contributed by atoms with Crippen LogP contribution in [0, 0.1) is 29.8 Å². The minimum Gasteiger partial charge on any atom is -0.351 e. The van der Waals surface area contributed by atoms with E-state index in [0.29, 0.717) is 5.11 Å². The van der Waals surface area contributed by atoms with Crippen LogP contribution < -0.4 is 10.2 Å². The number of nitrogens with one attached hydrogen (secondary N) is 1. The van der Waals surface area contributed by atoms with Crippen LogP contribution in [0.1, 0.15) is 34.7 Å². The third-order valence-corrected chi connectivity index (χ3v) is 8.68. The number of halogens is 1. The van der Waals surface area contributed by atoms with Crippen molar-refractivity contribution in [2.75, 3.05) is 4.90 Å². The van der Waals surface area contributed by atoms with Crippen molar-refractivity contribution in [3.8, 4) is 5.69 Å². The van der Waals surface area contributed by atoms with Crippen molar-refractivity contribution >= 4 is 40.5 Å². The minimum absolute atomic E-state index is 0.0648. The highest BCUT2D eigenvalue weighted by Gasteiger charge is 2.42. The van der Waals surface area contributed by atoms with Crippen LogP contribution in [-0.4, -0.2) is 19.6 Å². The Morgan fingerprint density at radius 1 is 0.929 bits per heavy atom. The minimum atomic E-state index is -0.402. The molecule has 0 spiro atoms. The highest BCUT2D eigenvalue weighted by atomic mass is 32.2. The number of thiocarbonyl (C=S) groups is 1. The van der Waals surface area contributed by atoms with Gasteiger partial charge in [-0.3, -0.25) is 15.1 Å². The Hall–Kier alpha value is -4.54. The van der Waals surface area contributed by atoms with Gasteiger partial charge in [-0.1, -0.05) is 23.9 Å². The van der Waals surface area contributed by atoms with Gasteiger partial charge < -0.3 is 14.8 Å². The molecule has 0 bridgehead atoms. The summed E-state index contributed by atoms with van der Waals surface area (Å²) in [5, 5.41) is 15.1. The fourth-order valence-corrected chi connectivity index (χ4v) is 6.66. The standard InChI is InChI=1S/C32H26FN5O2S2/c1-20-18-28(21(2)36(20)25-7-5-6-22(33)19-25)31-30(29-8-3-4-17-34-29)35-32(41)37(31)23-9-13-26(14-10-23)42-27-15-11-24(12-16-27)38(39)40/h3-19,30-31H,1-2H3,(H,35,41)/t30-,31-/m0/s1. The quantitative estimate of drug-likeness (QED) is 0.117. The van der Waals surface area contributed by atoms with E-state index in [0.717, 1.165) is 43.8 Å². The van der Waals surface area contributed by atoms with Gasteiger partial charge in [0.2, 0.25) is 0 Å². The first-order valence-electron chi connectivity index (χ1n) is 13.3. The molecular formula is C32H26FN5O2S2. The van der Waals surface area contributed by atoms with Crippen molar-refractivity contribution in [3.05, 3.63) is 142 Å². The Kier molecular flexibility index (Phi) is 7.49. The largest absolute Gasteiger partial charge is 0.351 e. The summed E-state index contributed by atoms with van der Waals surface area (Å²) in [6, 6.07) is 28.8. The van der Waals surface area contributed by atoms with Gasteiger partial charge >= 0.3 is 0 Å². The summed E-state index contributed by atoms with van der Waals surface area (Å²) in [7, 11) is 0. The fourth-order valence-electron chi connectivity index (χ4n) is 5.50. The number of nitro groups is 1. The molecule has 2 atom stereocenters. The molecule has 6 rings (SSSR count). The van der Waals surface area contributed by atoms with Crippen LogP contribution in [0.3, 0.4) is 0 Å². The summed E-state index contributed by atoms with van der Waals surface area (Å²) in [6.07, 6.45) is 1.78. The molecule has 1 saturated heterocycles. The second kappa shape index (κ2) is 11.4. The lowest BCUT2D eigenvalue weighted by Gasteiger charge is -2.28. The summed E-state index contributed by atoms with van der Waals surface area (Å²) in [5.41, 5.74) is 5.65. The Morgan fingerprint density at radius 2 is 1.64 bits per heavy atom. The van der Waals surface area contributed by atoms with Crippen LogP contribution in [0.15, 0.2) is 113 Å². The predicted octanol–water partition coefficient (Wildman–Crippen LogP) is 7.86. The maximum Gasteiger partial charge on any atom is 0.269 e. The topological polar surface area (TPSA) is 76.2 Å². The maximum atomic E-state index is 14.2. The van der Waals surface area contributed by atoms with E-state index in [2.05, 4.69) is 25.8 Å². The van der Waals surface area contributed by atoms with Gasteiger partial charge in [-0.25, -0.2) is 4.39 Å². The van der Waals surface area contributed by atoms with Crippen LogP contribution in [0.4, 0.5) is 15.8 Å². The van der Waals surface area contributed by atoms with Crippen molar-refractivity contribution in [1.82, 2.24) is 14.9 Å². The molecule has 5 aromatic rings. The van der Waals surface area contributed by atoms with Crippen molar-refractivity contribution < 1.29 is 9.31 Å². The summed E-state index contributed by atoms with van der Waals surface area (Å²) >= 11 is 7.44. The fraction of sp³-hybridized carbons (Fsp3) is 0.125. The van der Waals surface area contributed by atoms with Crippen LogP contribution >= 0.6 is 24.0 Å². The normalized spacial score (nSPS) is 16.5. The van der Waals surface area contributed by atoms with E-state index in [1.54, 1.807) is 24.4 Å². The number of hydrogen-bond donors (Lipinski definition) is 1. The smallest absolute Gasteiger partial charge is 0.269 e. The number of non-ortho nitro benzene ring substituents is 1. The SMILES string of the molecule is Cc1cc([C@H]2[C@H](c3ccccn3)NC(=S)N2c2ccc(Sc3ccc([N+](=O)[O-])cc3)cc2)c(C)n1-c1cccc(F)c1. The van der Waals surface area contributed by atoms with E-state index in [9.17, 15) is 14.5 Å². The Morgan fingerprint density at radius 3 is 2.29 bits per heavy atom. The Bertz CT molecular complexity index is 1780. The summed E-state index contributed by atoms with van der Waals surface area (Å²) < 4.78 is 16.2. The molecule has 3 heterocycles. The van der Waals surface area contributed by atoms with Crippen LogP contribution in [0.5, 0.6) is 0 Å². The summed E-state index contributed by atoms with van der Waals surface area (Å²) in [6.45, 7) is 4.07. The first kappa shape index (κ1) is 27.6. The molecule has 1 aliphatic rings. The zero-order valence-corrected chi connectivity index (χ0v) is 24.4. The zero-order valence-electron chi connectivity index (χ0n) is 22.8. The number of rotatable bonds is 7. The van der Waals surface area contributed by atoms with Gasteiger partial charge in [0, 0.05) is 50.9 Å². The first-order valence-corrected chi connectivity index (χ1v) is 14.5. The van der Waals surface area contributed by atoms with Crippen molar-refractivity contribution in [2.24, 2.45) is 0 Å². The number of nitrogens with zero attached hydrogens (tertiary/aromatic N) is 4. The maximum absolute atomic E-state index is 14.2. The molecule has 210 valence electrons. The van der Waals surface area contributed by atoms with Crippen LogP contribution in [0.2, 0.25) is 0 Å². The van der Waals surface area contributed by atoms with Gasteiger partial charge in [0.1, 0.15) is 5.82 Å². The Balaban J connectivity index is 1.37. The molecule has 2 aromatic heterocycles. The van der Waals surface area contributed by atoms with Crippen molar-refractivity contribution in [2.45, 2.75) is 35.7 Å². The molecule has 0 saturated carbocycles. The summed E-state index contributed by atoms with van der Waals surface area (Å²) in [5.74, 6) is -0.287. The third kappa shape index (κ3) is 5.26. The lowest BCUT2D eigenvalue weighted by molar-refractivity contribution is -0.384. The van der Waals surface area contributed by atoms with Gasteiger partial charge in [0.15, 0.2) is 5.11 Å². The number of nitro benzene ring substituents is 1. The zero-order chi connectivity index (χ0) is 29.4. The number of pyridine rings is 1. The highest BCUT2D eigenvalue weighted by molar-refractivity contribution is 7.99. The highest BCUT2D eigenvalue weighted by Crippen LogP contribution is 2.44. The number of aryl methyl sites for hydroxylation is 1. The molecular weight excluding hydrogens is 570 g/mol. The molecule has 10 heteroatoms. The predicted molar refractivity (Wildman–Crippen MR) is 167 cm³/mol. The van der Waals surface area contributed by atoms with E-state index < -0.39 is 4.92 Å². The third-order valence-electron chi connectivity index (χ3n) is 7.35. The number of benzene rings is 3. The van der Waals surface area contributed by atoms with Crippen molar-refractivity contribution in [3.63, 3.8) is 0 Å². The molecule has 0 aliphatic carbocycles. The lowest BCUT2D eigenvalue weighted by atomic mass is 9.96. The lowest BCUT2D eigenvalue weighted by Crippen LogP contribution is -2.29. The van der Waals surface area contributed by atoms with Gasteiger partial charge in [-0.2, -0.15) is 0 Å². The van der Waals surface area contributed by atoms with E-state index >= 15 is 0 Å². The van der Waals surface area contributed by atoms with E-state index in [-0.39, 0.29) is 23.6 Å². The number of aromatic nitrogens is 2. The number of hydrogen-bond acceptors (Lipinski definition) is 5. The molecule has 0 amide bonds. The van der Waals surface area contributed by atoms with E-state index in [4.69, 9.17) is 12.2 Å². The molecule has 7 nitrogen and oxygen atoms in total. The van der Waals surface area contributed by atoms with Gasteiger partial charge in [0.05, 0.1) is 22.7 Å². The van der Waals surface area contributed by atoms with Gasteiger partial charge in [-0.05, 0) is 104 Å². The molecule has 42 heavy (non-hydrogen) atoms. The monoisotopic (exact) mass is 595 g/mol.